The Labute approximate surface area is 89.1 Å². The highest BCUT2D eigenvalue weighted by Crippen LogP contribution is 2.38. The average Bonchev–Trinajstić information content (AvgIpc) is 2.16. The van der Waals surface area contributed by atoms with E-state index >= 15 is 0 Å². The molecule has 2 heterocycles. The summed E-state index contributed by atoms with van der Waals surface area (Å²) in [4.78, 5) is 45.1. The Kier molecular flexibility index (Phi) is 1.55. The molecule has 0 bridgehead atoms. The fourth-order valence-corrected chi connectivity index (χ4v) is 2.52. The Balaban J connectivity index is 1.89. The molecule has 4 N–H and O–H groups in total. The van der Waals surface area contributed by atoms with Crippen LogP contribution in [0.2, 0.25) is 0 Å². The maximum Gasteiger partial charge on any atom is 0.321 e. The lowest BCUT2D eigenvalue weighted by atomic mass is 9.62. The molecule has 6 amide bonds. The van der Waals surface area contributed by atoms with Gasteiger partial charge < -0.3 is 10.6 Å². The highest BCUT2D eigenvalue weighted by Gasteiger charge is 2.62. The Morgan fingerprint density at radius 2 is 1.06 bits per heavy atom. The van der Waals surface area contributed by atoms with Gasteiger partial charge >= 0.3 is 12.1 Å². The number of rotatable bonds is 0. The van der Waals surface area contributed by atoms with E-state index in [2.05, 4.69) is 21.3 Å². The summed E-state index contributed by atoms with van der Waals surface area (Å²) in [6, 6.07) is -2.16. The lowest BCUT2D eigenvalue weighted by molar-refractivity contribution is -0.147. The van der Waals surface area contributed by atoms with Crippen molar-refractivity contribution in [2.75, 3.05) is 0 Å². The van der Waals surface area contributed by atoms with Gasteiger partial charge in [0, 0.05) is 0 Å². The van der Waals surface area contributed by atoms with E-state index < -0.39 is 47.8 Å². The lowest BCUT2D eigenvalue weighted by Gasteiger charge is -2.53. The summed E-state index contributed by atoms with van der Waals surface area (Å²) < 4.78 is 0. The van der Waals surface area contributed by atoms with Crippen LogP contribution >= 0.6 is 0 Å². The van der Waals surface area contributed by atoms with Crippen LogP contribution in [0.25, 0.3) is 0 Å². The smallest absolute Gasteiger partial charge is 0.321 e. The first-order valence-electron chi connectivity index (χ1n) is 4.80. The molecule has 1 aliphatic carbocycles. The molecule has 2 aliphatic heterocycles. The lowest BCUT2D eigenvalue weighted by Crippen LogP contribution is -2.81. The molecule has 2 unspecified atom stereocenters. The molecule has 3 fully saturated rings. The maximum atomic E-state index is 11.5. The highest BCUT2D eigenvalue weighted by molar-refractivity contribution is 6.07. The summed E-state index contributed by atoms with van der Waals surface area (Å²) in [6.45, 7) is 0. The van der Waals surface area contributed by atoms with E-state index in [9.17, 15) is 19.2 Å². The van der Waals surface area contributed by atoms with Gasteiger partial charge in [0.1, 0.15) is 0 Å². The summed E-state index contributed by atoms with van der Waals surface area (Å²) >= 11 is 0. The van der Waals surface area contributed by atoms with E-state index in [1.165, 1.54) is 0 Å². The number of carbonyl (C=O) groups excluding carboxylic acids is 4. The second-order valence-electron chi connectivity index (χ2n) is 4.03. The van der Waals surface area contributed by atoms with Crippen molar-refractivity contribution >= 4 is 23.9 Å². The van der Waals surface area contributed by atoms with Crippen LogP contribution in [0.15, 0.2) is 0 Å². The van der Waals surface area contributed by atoms with Crippen molar-refractivity contribution in [1.82, 2.24) is 21.3 Å². The predicted octanol–water partition coefficient (Wildman–Crippen LogP) is -2.35. The van der Waals surface area contributed by atoms with Gasteiger partial charge in [-0.15, -0.1) is 0 Å². The summed E-state index contributed by atoms with van der Waals surface area (Å²) in [7, 11) is 0. The Bertz CT molecular complexity index is 394. The number of hydrogen-bond donors (Lipinski definition) is 4. The third-order valence-electron chi connectivity index (χ3n) is 3.22. The number of carbonyl (C=O) groups is 4. The van der Waals surface area contributed by atoms with Gasteiger partial charge in [-0.25, -0.2) is 9.59 Å². The van der Waals surface area contributed by atoms with Crippen LogP contribution in [-0.4, -0.2) is 36.0 Å². The molecule has 0 spiro atoms. The summed E-state index contributed by atoms with van der Waals surface area (Å²) in [5.74, 6) is -2.13. The third-order valence-corrected chi connectivity index (χ3v) is 3.22. The van der Waals surface area contributed by atoms with E-state index in [4.69, 9.17) is 0 Å². The molecule has 2 saturated heterocycles. The van der Waals surface area contributed by atoms with Crippen LogP contribution in [0.3, 0.4) is 0 Å². The fourth-order valence-electron chi connectivity index (χ4n) is 2.52. The Morgan fingerprint density at radius 3 is 1.44 bits per heavy atom. The van der Waals surface area contributed by atoms with E-state index in [0.29, 0.717) is 0 Å². The molecule has 3 aliphatic rings. The summed E-state index contributed by atoms with van der Waals surface area (Å²) in [5, 5.41) is 9.23. The van der Waals surface area contributed by atoms with E-state index in [1.807, 2.05) is 0 Å². The van der Waals surface area contributed by atoms with Crippen molar-refractivity contribution < 1.29 is 19.2 Å². The Morgan fingerprint density at radius 1 is 0.688 bits per heavy atom. The van der Waals surface area contributed by atoms with Gasteiger partial charge in [-0.2, -0.15) is 0 Å². The number of hydrogen-bond acceptors (Lipinski definition) is 4. The molecule has 0 aromatic heterocycles. The van der Waals surface area contributed by atoms with Gasteiger partial charge in [0.15, 0.2) is 0 Å². The minimum atomic E-state index is -0.594. The maximum absolute atomic E-state index is 11.5. The molecule has 8 nitrogen and oxygen atoms in total. The van der Waals surface area contributed by atoms with Crippen LogP contribution in [0, 0.1) is 11.8 Å². The van der Waals surface area contributed by atoms with Crippen molar-refractivity contribution in [3.8, 4) is 0 Å². The molecule has 1 saturated carbocycles. The predicted molar refractivity (Wildman–Crippen MR) is 47.9 cm³/mol. The first-order valence-corrected chi connectivity index (χ1v) is 4.80. The van der Waals surface area contributed by atoms with E-state index in [-0.39, 0.29) is 0 Å². The summed E-state index contributed by atoms with van der Waals surface area (Å²) in [5.41, 5.74) is 0. The topological polar surface area (TPSA) is 116 Å². The quantitative estimate of drug-likeness (QED) is 0.368. The zero-order valence-electron chi connectivity index (χ0n) is 7.94. The molecule has 16 heavy (non-hydrogen) atoms. The number of imide groups is 2. The zero-order valence-corrected chi connectivity index (χ0v) is 7.94. The van der Waals surface area contributed by atoms with Crippen molar-refractivity contribution in [3.05, 3.63) is 0 Å². The van der Waals surface area contributed by atoms with Gasteiger partial charge in [-0.3, -0.25) is 20.2 Å². The fraction of sp³-hybridized carbons (Fsp3) is 0.500. The molecule has 4 atom stereocenters. The van der Waals surface area contributed by atoms with E-state index in [0.717, 1.165) is 0 Å². The molecule has 0 radical (unpaired) electrons. The van der Waals surface area contributed by atoms with Crippen molar-refractivity contribution in [3.63, 3.8) is 0 Å². The van der Waals surface area contributed by atoms with Crippen molar-refractivity contribution in [2.24, 2.45) is 11.8 Å². The highest BCUT2D eigenvalue weighted by atomic mass is 16.2. The minimum absolute atomic E-state index is 0.471. The number of urea groups is 2. The van der Waals surface area contributed by atoms with Crippen LogP contribution in [-0.2, 0) is 9.59 Å². The minimum Gasteiger partial charge on any atom is -0.332 e. The van der Waals surface area contributed by atoms with Crippen LogP contribution in [0.5, 0.6) is 0 Å². The molecule has 0 aromatic carbocycles. The normalized spacial score (nSPS) is 40.5. The van der Waals surface area contributed by atoms with Gasteiger partial charge in [0.05, 0.1) is 23.9 Å². The molecule has 3 rings (SSSR count). The van der Waals surface area contributed by atoms with Crippen LogP contribution in [0.4, 0.5) is 9.59 Å². The molecule has 84 valence electrons. The monoisotopic (exact) mass is 224 g/mol. The molecule has 0 aromatic rings. The van der Waals surface area contributed by atoms with Gasteiger partial charge in [-0.05, 0) is 0 Å². The number of fused-ring (bicyclic) bond motifs is 4. The third kappa shape index (κ3) is 0.980. The van der Waals surface area contributed by atoms with Crippen molar-refractivity contribution in [1.29, 1.82) is 0 Å². The average molecular weight is 224 g/mol. The van der Waals surface area contributed by atoms with E-state index in [1.54, 1.807) is 0 Å². The molecule has 8 heteroatoms. The largest absolute Gasteiger partial charge is 0.332 e. The number of amides is 6. The van der Waals surface area contributed by atoms with Crippen molar-refractivity contribution in [2.45, 2.75) is 12.1 Å². The van der Waals surface area contributed by atoms with Crippen LogP contribution in [0.1, 0.15) is 0 Å². The molecular weight excluding hydrogens is 216 g/mol. The first kappa shape index (κ1) is 9.13. The molecular formula is C8H8N4O4. The summed E-state index contributed by atoms with van der Waals surface area (Å²) in [6.07, 6.45) is 0. The van der Waals surface area contributed by atoms with Crippen LogP contribution < -0.4 is 21.3 Å². The Hall–Kier alpha value is -2.12. The SMILES string of the molecule is O=C1NC(=O)[C@H]2C(N1)C1NC(=O)NC(=O)[C@@H]12. The second-order valence-corrected chi connectivity index (χ2v) is 4.03. The van der Waals surface area contributed by atoms with Gasteiger partial charge in [0.2, 0.25) is 11.8 Å². The number of nitrogens with one attached hydrogen (secondary N) is 4. The standard InChI is InChI=1S/C8H8N4O4/c13-5-1-2-4(3(1)9-7(15)11-5)10-8(16)12-6(2)14/h1-4H,(H2,9,11,13,15)(H2,10,12,14,16)/t1-,2-,3?,4?/m1/s1. The zero-order chi connectivity index (χ0) is 11.4. The first-order chi connectivity index (χ1) is 7.58. The van der Waals surface area contributed by atoms with Gasteiger partial charge in [-0.1, -0.05) is 0 Å². The second kappa shape index (κ2) is 2.71. The van der Waals surface area contributed by atoms with Gasteiger partial charge in [0.25, 0.3) is 0 Å².